The largest absolute Gasteiger partial charge is 0.491 e. The van der Waals surface area contributed by atoms with Crippen molar-refractivity contribution in [2.24, 2.45) is 5.92 Å². The number of aliphatic carboxylic acids is 1. The van der Waals surface area contributed by atoms with Crippen LogP contribution >= 0.6 is 0 Å². The van der Waals surface area contributed by atoms with Gasteiger partial charge in [0.1, 0.15) is 5.75 Å². The van der Waals surface area contributed by atoms with Crippen molar-refractivity contribution in [1.82, 2.24) is 4.90 Å². The molecule has 2 aromatic rings. The molecule has 160 valence electrons. The monoisotopic (exact) mass is 410 g/mol. The van der Waals surface area contributed by atoms with Crippen LogP contribution in [0.4, 0.5) is 5.69 Å². The van der Waals surface area contributed by atoms with Crippen LogP contribution in [-0.2, 0) is 11.3 Å². The average Bonchev–Trinajstić information content (AvgIpc) is 2.73. The van der Waals surface area contributed by atoms with Crippen molar-refractivity contribution in [2.45, 2.75) is 39.3 Å². The van der Waals surface area contributed by atoms with Gasteiger partial charge in [-0.15, -0.1) is 0 Å². The normalized spacial score (nSPS) is 14.6. The van der Waals surface area contributed by atoms with Crippen molar-refractivity contribution >= 4 is 17.6 Å². The summed E-state index contributed by atoms with van der Waals surface area (Å²) < 4.78 is 5.63. The molecular formula is C24H30N2O4. The lowest BCUT2D eigenvalue weighted by molar-refractivity contribution is -0.142. The first-order chi connectivity index (χ1) is 14.3. The number of anilines is 1. The molecule has 0 saturated carbocycles. The van der Waals surface area contributed by atoms with Gasteiger partial charge in [-0.05, 0) is 68.7 Å². The highest BCUT2D eigenvalue weighted by Crippen LogP contribution is 2.25. The van der Waals surface area contributed by atoms with Gasteiger partial charge in [0.05, 0.1) is 12.0 Å². The van der Waals surface area contributed by atoms with Gasteiger partial charge < -0.3 is 19.6 Å². The fraction of sp³-hybridized carbons (Fsp3) is 0.417. The fourth-order valence-electron chi connectivity index (χ4n) is 3.75. The lowest BCUT2D eigenvalue weighted by Crippen LogP contribution is -2.36. The summed E-state index contributed by atoms with van der Waals surface area (Å²) >= 11 is 0. The molecule has 6 heteroatoms. The molecule has 2 aromatic carbocycles. The number of carboxylic acid groups (broad SMARTS) is 1. The van der Waals surface area contributed by atoms with Crippen LogP contribution in [0.1, 0.15) is 42.6 Å². The van der Waals surface area contributed by atoms with E-state index in [2.05, 4.69) is 11.0 Å². The quantitative estimate of drug-likeness (QED) is 0.746. The molecule has 1 aliphatic rings. The van der Waals surface area contributed by atoms with Crippen molar-refractivity contribution in [2.75, 3.05) is 25.0 Å². The summed E-state index contributed by atoms with van der Waals surface area (Å²) in [6, 6.07) is 15.4. The van der Waals surface area contributed by atoms with Crippen molar-refractivity contribution in [1.29, 1.82) is 0 Å². The molecule has 1 N–H and O–H groups in total. The van der Waals surface area contributed by atoms with Crippen LogP contribution in [-0.4, -0.2) is 48.1 Å². The molecule has 6 nitrogen and oxygen atoms in total. The molecule has 0 aromatic heterocycles. The first-order valence-electron chi connectivity index (χ1n) is 10.4. The van der Waals surface area contributed by atoms with Crippen LogP contribution in [0, 0.1) is 5.92 Å². The van der Waals surface area contributed by atoms with Crippen molar-refractivity contribution in [3.63, 3.8) is 0 Å². The number of hydrogen-bond donors (Lipinski definition) is 1. The summed E-state index contributed by atoms with van der Waals surface area (Å²) in [7, 11) is 1.80. The maximum atomic E-state index is 12.8. The predicted molar refractivity (Wildman–Crippen MR) is 117 cm³/mol. The van der Waals surface area contributed by atoms with E-state index in [-0.39, 0.29) is 17.9 Å². The molecule has 0 aliphatic carbocycles. The molecule has 3 rings (SSSR count). The first kappa shape index (κ1) is 21.7. The molecule has 1 fully saturated rings. The predicted octanol–water partition coefficient (Wildman–Crippen LogP) is 4.05. The molecule has 1 aliphatic heterocycles. The minimum absolute atomic E-state index is 0.0428. The zero-order valence-electron chi connectivity index (χ0n) is 17.9. The highest BCUT2D eigenvalue weighted by Gasteiger charge is 2.24. The van der Waals surface area contributed by atoms with E-state index in [0.717, 1.165) is 30.1 Å². The highest BCUT2D eigenvalue weighted by atomic mass is 16.5. The number of amides is 1. The molecule has 0 unspecified atom stereocenters. The number of nitrogens with zero attached hydrogens (tertiary/aromatic N) is 2. The third-order valence-corrected chi connectivity index (χ3v) is 5.36. The van der Waals surface area contributed by atoms with Crippen LogP contribution in [0.3, 0.4) is 0 Å². The van der Waals surface area contributed by atoms with Gasteiger partial charge in [-0.25, -0.2) is 0 Å². The zero-order valence-corrected chi connectivity index (χ0v) is 17.9. The minimum Gasteiger partial charge on any atom is -0.491 e. The summed E-state index contributed by atoms with van der Waals surface area (Å²) in [4.78, 5) is 27.9. The van der Waals surface area contributed by atoms with Gasteiger partial charge in [0.25, 0.3) is 5.91 Å². The smallest absolute Gasteiger partial charge is 0.306 e. The maximum Gasteiger partial charge on any atom is 0.306 e. The van der Waals surface area contributed by atoms with Gasteiger partial charge in [0.2, 0.25) is 0 Å². The molecule has 30 heavy (non-hydrogen) atoms. The number of carbonyl (C=O) groups is 2. The van der Waals surface area contributed by atoms with E-state index in [0.29, 0.717) is 24.9 Å². The molecule has 0 bridgehead atoms. The minimum atomic E-state index is -0.702. The van der Waals surface area contributed by atoms with Gasteiger partial charge in [-0.2, -0.15) is 0 Å². The fourth-order valence-corrected chi connectivity index (χ4v) is 3.75. The topological polar surface area (TPSA) is 70.1 Å². The Morgan fingerprint density at radius 1 is 1.13 bits per heavy atom. The van der Waals surface area contributed by atoms with Crippen LogP contribution in [0.25, 0.3) is 0 Å². The van der Waals surface area contributed by atoms with Gasteiger partial charge >= 0.3 is 5.97 Å². The van der Waals surface area contributed by atoms with Gasteiger partial charge in [-0.3, -0.25) is 9.59 Å². The summed E-state index contributed by atoms with van der Waals surface area (Å²) in [6.07, 6.45) is 1.42. The number of piperidine rings is 1. The van der Waals surface area contributed by atoms with E-state index in [9.17, 15) is 14.7 Å². The third-order valence-electron chi connectivity index (χ3n) is 5.36. The number of ether oxygens (including phenoxy) is 1. The first-order valence-corrected chi connectivity index (χ1v) is 10.4. The molecule has 1 saturated heterocycles. The molecule has 0 atom stereocenters. The Labute approximate surface area is 178 Å². The summed E-state index contributed by atoms with van der Waals surface area (Å²) in [5.41, 5.74) is 2.75. The van der Waals surface area contributed by atoms with Crippen molar-refractivity contribution in [3.05, 3.63) is 59.7 Å². The summed E-state index contributed by atoms with van der Waals surface area (Å²) in [5.74, 6) is -0.236. The van der Waals surface area contributed by atoms with E-state index in [1.54, 1.807) is 24.1 Å². The van der Waals surface area contributed by atoms with Gasteiger partial charge in [0.15, 0.2) is 0 Å². The lowest BCUT2D eigenvalue weighted by Gasteiger charge is -2.32. The molecule has 0 spiro atoms. The maximum absolute atomic E-state index is 12.8. The summed E-state index contributed by atoms with van der Waals surface area (Å²) in [5, 5.41) is 9.17. The Balaban J connectivity index is 1.61. The Kier molecular flexibility index (Phi) is 6.98. The standard InChI is InChI=1S/C24H30N2O4/c1-17(2)30-22-9-7-19(8-10-22)23(27)25(3)16-18-5-4-6-21(15-18)26-13-11-20(12-14-26)24(28)29/h4-10,15,17,20H,11-14,16H2,1-3H3,(H,28,29). The lowest BCUT2D eigenvalue weighted by atomic mass is 9.96. The average molecular weight is 411 g/mol. The van der Waals surface area contributed by atoms with E-state index in [4.69, 9.17) is 4.74 Å². The second-order valence-electron chi connectivity index (χ2n) is 8.12. The van der Waals surface area contributed by atoms with Crippen molar-refractivity contribution in [3.8, 4) is 5.75 Å². The van der Waals surface area contributed by atoms with E-state index in [1.165, 1.54) is 0 Å². The third kappa shape index (κ3) is 5.53. The van der Waals surface area contributed by atoms with Crippen LogP contribution < -0.4 is 9.64 Å². The van der Waals surface area contributed by atoms with E-state index in [1.807, 2.05) is 44.2 Å². The highest BCUT2D eigenvalue weighted by molar-refractivity contribution is 5.94. The van der Waals surface area contributed by atoms with Crippen LogP contribution in [0.5, 0.6) is 5.75 Å². The molecular weight excluding hydrogens is 380 g/mol. The number of carbonyl (C=O) groups excluding carboxylic acids is 1. The number of benzene rings is 2. The Morgan fingerprint density at radius 2 is 1.80 bits per heavy atom. The Hall–Kier alpha value is -3.02. The van der Waals surface area contributed by atoms with Gasteiger partial charge in [-0.1, -0.05) is 12.1 Å². The molecule has 0 radical (unpaired) electrons. The summed E-state index contributed by atoms with van der Waals surface area (Å²) in [6.45, 7) is 5.91. The number of hydrogen-bond acceptors (Lipinski definition) is 4. The van der Waals surface area contributed by atoms with E-state index < -0.39 is 5.97 Å². The number of carboxylic acids is 1. The molecule has 1 amide bonds. The zero-order chi connectivity index (χ0) is 21.7. The van der Waals surface area contributed by atoms with Crippen LogP contribution in [0.2, 0.25) is 0 Å². The van der Waals surface area contributed by atoms with Crippen LogP contribution in [0.15, 0.2) is 48.5 Å². The molecule has 1 heterocycles. The van der Waals surface area contributed by atoms with E-state index >= 15 is 0 Å². The second kappa shape index (κ2) is 9.65. The Bertz CT molecular complexity index is 871. The van der Waals surface area contributed by atoms with Crippen molar-refractivity contribution < 1.29 is 19.4 Å². The Morgan fingerprint density at radius 3 is 2.40 bits per heavy atom. The number of rotatable bonds is 7. The second-order valence-corrected chi connectivity index (χ2v) is 8.12. The van der Waals surface area contributed by atoms with Gasteiger partial charge in [0, 0.05) is 37.9 Å². The SMILES string of the molecule is CC(C)Oc1ccc(C(=O)N(C)Cc2cccc(N3CCC(C(=O)O)CC3)c2)cc1.